The van der Waals surface area contributed by atoms with Crippen molar-refractivity contribution in [2.24, 2.45) is 11.8 Å². The smallest absolute Gasteiger partial charge is 0.136 e. The molecule has 1 aromatic rings. The first kappa shape index (κ1) is 11.3. The van der Waals surface area contributed by atoms with Gasteiger partial charge in [-0.25, -0.2) is 0 Å². The van der Waals surface area contributed by atoms with E-state index in [1.54, 1.807) is 0 Å². The largest absolute Gasteiger partial charge is 0.299 e. The molecule has 0 amide bonds. The van der Waals surface area contributed by atoms with Gasteiger partial charge >= 0.3 is 0 Å². The SMILES string of the molecule is CCc1ccc(CC2CCC(=O)C2C)nc1. The number of carbonyl (C=O) groups is 1. The fourth-order valence-corrected chi connectivity index (χ4v) is 2.40. The Morgan fingerprint density at radius 1 is 1.44 bits per heavy atom. The lowest BCUT2D eigenvalue weighted by Crippen LogP contribution is -2.13. The summed E-state index contributed by atoms with van der Waals surface area (Å²) in [5.74, 6) is 1.16. The predicted molar refractivity (Wildman–Crippen MR) is 64.2 cm³/mol. The molecule has 1 saturated carbocycles. The Morgan fingerprint density at radius 2 is 2.25 bits per heavy atom. The summed E-state index contributed by atoms with van der Waals surface area (Å²) < 4.78 is 0. The van der Waals surface area contributed by atoms with E-state index in [4.69, 9.17) is 0 Å². The van der Waals surface area contributed by atoms with Crippen molar-refractivity contribution in [3.8, 4) is 0 Å². The quantitative estimate of drug-likeness (QED) is 0.779. The number of carbonyl (C=O) groups excluding carboxylic acids is 1. The van der Waals surface area contributed by atoms with E-state index >= 15 is 0 Å². The molecule has 2 nitrogen and oxygen atoms in total. The third-order valence-corrected chi connectivity index (χ3v) is 3.74. The second kappa shape index (κ2) is 4.77. The number of pyridine rings is 1. The molecule has 1 aliphatic rings. The van der Waals surface area contributed by atoms with E-state index in [0.717, 1.165) is 31.4 Å². The summed E-state index contributed by atoms with van der Waals surface area (Å²) in [6.07, 6.45) is 5.75. The molecule has 2 atom stereocenters. The first-order chi connectivity index (χ1) is 7.70. The summed E-state index contributed by atoms with van der Waals surface area (Å²) in [7, 11) is 0. The van der Waals surface area contributed by atoms with Gasteiger partial charge in [-0.1, -0.05) is 19.9 Å². The molecule has 2 heteroatoms. The molecule has 0 aromatic carbocycles. The Labute approximate surface area is 97.1 Å². The molecule has 0 spiro atoms. The maximum Gasteiger partial charge on any atom is 0.136 e. The molecule has 1 heterocycles. The molecule has 2 unspecified atom stereocenters. The van der Waals surface area contributed by atoms with Gasteiger partial charge in [0, 0.05) is 24.2 Å². The van der Waals surface area contributed by atoms with E-state index in [2.05, 4.69) is 31.0 Å². The van der Waals surface area contributed by atoms with Gasteiger partial charge in [-0.3, -0.25) is 9.78 Å². The Hall–Kier alpha value is -1.18. The Bertz CT molecular complexity index is 369. The standard InChI is InChI=1S/C14H19NO/c1-3-11-4-6-13(15-9-11)8-12-5-7-14(16)10(12)2/h4,6,9-10,12H,3,5,7-8H2,1-2H3. The lowest BCUT2D eigenvalue weighted by molar-refractivity contribution is -0.120. The highest BCUT2D eigenvalue weighted by Gasteiger charge is 2.30. The van der Waals surface area contributed by atoms with Crippen LogP contribution >= 0.6 is 0 Å². The van der Waals surface area contributed by atoms with Crippen molar-refractivity contribution >= 4 is 5.78 Å². The van der Waals surface area contributed by atoms with E-state index < -0.39 is 0 Å². The van der Waals surface area contributed by atoms with E-state index in [-0.39, 0.29) is 5.92 Å². The molecule has 0 bridgehead atoms. The molecular weight excluding hydrogens is 198 g/mol. The molecule has 1 fully saturated rings. The van der Waals surface area contributed by atoms with Gasteiger partial charge in [0.1, 0.15) is 5.78 Å². The van der Waals surface area contributed by atoms with Gasteiger partial charge in [0.15, 0.2) is 0 Å². The number of hydrogen-bond acceptors (Lipinski definition) is 2. The number of aromatic nitrogens is 1. The van der Waals surface area contributed by atoms with Gasteiger partial charge in [-0.05, 0) is 36.8 Å². The van der Waals surface area contributed by atoms with Gasteiger partial charge in [0.25, 0.3) is 0 Å². The molecule has 1 aromatic heterocycles. The van der Waals surface area contributed by atoms with Gasteiger partial charge < -0.3 is 0 Å². The number of rotatable bonds is 3. The fourth-order valence-electron chi connectivity index (χ4n) is 2.40. The van der Waals surface area contributed by atoms with Gasteiger partial charge in [0.2, 0.25) is 0 Å². The number of nitrogens with zero attached hydrogens (tertiary/aromatic N) is 1. The van der Waals surface area contributed by atoms with Crippen LogP contribution in [0.15, 0.2) is 18.3 Å². The maximum atomic E-state index is 11.5. The van der Waals surface area contributed by atoms with E-state index in [0.29, 0.717) is 11.7 Å². The van der Waals surface area contributed by atoms with Crippen LogP contribution in [0.5, 0.6) is 0 Å². The number of aryl methyl sites for hydroxylation is 1. The summed E-state index contributed by atoms with van der Waals surface area (Å²) in [5, 5.41) is 0. The number of Topliss-reactive ketones (excluding diaryl/α,β-unsaturated/α-hetero) is 1. The minimum atomic E-state index is 0.229. The van der Waals surface area contributed by atoms with Gasteiger partial charge in [-0.2, -0.15) is 0 Å². The minimum Gasteiger partial charge on any atom is -0.299 e. The monoisotopic (exact) mass is 217 g/mol. The lowest BCUT2D eigenvalue weighted by Gasteiger charge is -2.13. The zero-order valence-electron chi connectivity index (χ0n) is 10.1. The van der Waals surface area contributed by atoms with Crippen molar-refractivity contribution in [1.29, 1.82) is 0 Å². The molecular formula is C14H19NO. The zero-order valence-corrected chi connectivity index (χ0v) is 10.1. The molecule has 0 saturated heterocycles. The average Bonchev–Trinajstić information content (AvgIpc) is 2.62. The van der Waals surface area contributed by atoms with Crippen molar-refractivity contribution in [2.75, 3.05) is 0 Å². The summed E-state index contributed by atoms with van der Waals surface area (Å²) in [4.78, 5) is 15.9. The first-order valence-electron chi connectivity index (χ1n) is 6.17. The van der Waals surface area contributed by atoms with Crippen LogP contribution in [0.25, 0.3) is 0 Å². The van der Waals surface area contributed by atoms with Crippen LogP contribution in [0.3, 0.4) is 0 Å². The molecule has 16 heavy (non-hydrogen) atoms. The normalized spacial score (nSPS) is 25.0. The third kappa shape index (κ3) is 2.31. The predicted octanol–water partition coefficient (Wildman–Crippen LogP) is 2.80. The summed E-state index contributed by atoms with van der Waals surface area (Å²) in [5.41, 5.74) is 2.41. The van der Waals surface area contributed by atoms with Crippen molar-refractivity contribution in [3.05, 3.63) is 29.6 Å². The van der Waals surface area contributed by atoms with Crippen molar-refractivity contribution in [1.82, 2.24) is 4.98 Å². The second-order valence-electron chi connectivity index (χ2n) is 4.77. The van der Waals surface area contributed by atoms with E-state index in [1.807, 2.05) is 6.20 Å². The number of ketones is 1. The van der Waals surface area contributed by atoms with Crippen molar-refractivity contribution in [2.45, 2.75) is 39.5 Å². The van der Waals surface area contributed by atoms with Crippen molar-refractivity contribution < 1.29 is 4.79 Å². The fraction of sp³-hybridized carbons (Fsp3) is 0.571. The lowest BCUT2D eigenvalue weighted by atomic mass is 9.92. The molecule has 1 aliphatic carbocycles. The molecule has 86 valence electrons. The topological polar surface area (TPSA) is 30.0 Å². The van der Waals surface area contributed by atoms with E-state index in [1.165, 1.54) is 5.56 Å². The summed E-state index contributed by atoms with van der Waals surface area (Å²) in [6.45, 7) is 4.19. The zero-order chi connectivity index (χ0) is 11.5. The maximum absolute atomic E-state index is 11.5. The molecule has 0 radical (unpaired) electrons. The van der Waals surface area contributed by atoms with Gasteiger partial charge in [0.05, 0.1) is 0 Å². The van der Waals surface area contributed by atoms with Crippen LogP contribution in [0.2, 0.25) is 0 Å². The Balaban J connectivity index is 2.01. The highest BCUT2D eigenvalue weighted by atomic mass is 16.1. The Kier molecular flexibility index (Phi) is 3.37. The van der Waals surface area contributed by atoms with Gasteiger partial charge in [-0.15, -0.1) is 0 Å². The Morgan fingerprint density at radius 3 is 2.75 bits per heavy atom. The third-order valence-electron chi connectivity index (χ3n) is 3.74. The minimum absolute atomic E-state index is 0.229. The average molecular weight is 217 g/mol. The second-order valence-corrected chi connectivity index (χ2v) is 4.77. The molecule has 0 aliphatic heterocycles. The van der Waals surface area contributed by atoms with Crippen LogP contribution in [0, 0.1) is 11.8 Å². The number of hydrogen-bond donors (Lipinski definition) is 0. The highest BCUT2D eigenvalue weighted by Crippen LogP contribution is 2.30. The molecule has 0 N–H and O–H groups in total. The summed E-state index contributed by atoms with van der Waals surface area (Å²) >= 11 is 0. The molecule has 2 rings (SSSR count). The van der Waals surface area contributed by atoms with Crippen LogP contribution in [0.4, 0.5) is 0 Å². The van der Waals surface area contributed by atoms with Crippen LogP contribution in [0.1, 0.15) is 37.9 Å². The first-order valence-corrected chi connectivity index (χ1v) is 6.17. The van der Waals surface area contributed by atoms with Crippen LogP contribution < -0.4 is 0 Å². The van der Waals surface area contributed by atoms with Crippen LogP contribution in [-0.4, -0.2) is 10.8 Å². The van der Waals surface area contributed by atoms with Crippen molar-refractivity contribution in [3.63, 3.8) is 0 Å². The highest BCUT2D eigenvalue weighted by molar-refractivity contribution is 5.83. The summed E-state index contributed by atoms with van der Waals surface area (Å²) in [6, 6.07) is 4.25. The van der Waals surface area contributed by atoms with Crippen LogP contribution in [-0.2, 0) is 17.6 Å². The van der Waals surface area contributed by atoms with E-state index in [9.17, 15) is 4.79 Å².